The molecule has 0 spiro atoms. The van der Waals surface area contributed by atoms with Crippen molar-refractivity contribution in [3.8, 4) is 5.75 Å². The Morgan fingerprint density at radius 2 is 1.76 bits per heavy atom. The molecule has 8 heteroatoms. The summed E-state index contributed by atoms with van der Waals surface area (Å²) in [7, 11) is 0. The van der Waals surface area contributed by atoms with Gasteiger partial charge in [0, 0.05) is 5.02 Å². The van der Waals surface area contributed by atoms with Crippen LogP contribution in [-0.4, -0.2) is 17.1 Å². The lowest BCUT2D eigenvalue weighted by Gasteiger charge is -2.25. The Morgan fingerprint density at radius 3 is 2.47 bits per heavy atom. The molecule has 0 saturated carbocycles. The Bertz CT molecular complexity index is 1690. The summed E-state index contributed by atoms with van der Waals surface area (Å²) in [5, 5.41) is 0.453. The highest BCUT2D eigenvalue weighted by Gasteiger charge is 2.34. The van der Waals surface area contributed by atoms with Gasteiger partial charge in [0.05, 0.1) is 22.4 Å². The normalized spacial score (nSPS) is 15.1. The van der Waals surface area contributed by atoms with Crippen LogP contribution < -0.4 is 19.6 Å². The molecule has 38 heavy (non-hydrogen) atoms. The molecule has 2 heterocycles. The lowest BCUT2D eigenvalue weighted by atomic mass is 9.96. The number of halogens is 1. The molecule has 6 nitrogen and oxygen atoms in total. The molecule has 0 radical (unpaired) electrons. The molecule has 0 amide bonds. The van der Waals surface area contributed by atoms with Gasteiger partial charge in [-0.2, -0.15) is 0 Å². The maximum absolute atomic E-state index is 13.7. The first-order chi connectivity index (χ1) is 18.5. The second-order valence-electron chi connectivity index (χ2n) is 8.67. The Balaban J connectivity index is 1.52. The Morgan fingerprint density at radius 1 is 1.05 bits per heavy atom. The van der Waals surface area contributed by atoms with Crippen molar-refractivity contribution in [3.63, 3.8) is 0 Å². The van der Waals surface area contributed by atoms with Crippen LogP contribution in [0, 0.1) is 0 Å². The molecule has 0 N–H and O–H groups in total. The van der Waals surface area contributed by atoms with E-state index < -0.39 is 12.0 Å². The molecule has 0 saturated heterocycles. The van der Waals surface area contributed by atoms with Crippen LogP contribution in [-0.2, 0) is 16.1 Å². The van der Waals surface area contributed by atoms with Gasteiger partial charge in [-0.1, -0.05) is 83.6 Å². The fraction of sp³-hybridized carbons (Fsp3) is 0.167. The van der Waals surface area contributed by atoms with Crippen molar-refractivity contribution < 1.29 is 14.3 Å². The number of hydrogen-bond donors (Lipinski definition) is 0. The number of esters is 1. The summed E-state index contributed by atoms with van der Waals surface area (Å²) in [6.45, 7) is 4.18. The molecule has 0 aliphatic carbocycles. The zero-order chi connectivity index (χ0) is 26.6. The van der Waals surface area contributed by atoms with Crippen LogP contribution in [0.3, 0.4) is 0 Å². The van der Waals surface area contributed by atoms with Gasteiger partial charge >= 0.3 is 5.97 Å². The average Bonchev–Trinajstić information content (AvgIpc) is 3.22. The molecule has 1 atom stereocenters. The van der Waals surface area contributed by atoms with Crippen molar-refractivity contribution in [2.24, 2.45) is 4.99 Å². The molecule has 0 fully saturated rings. The van der Waals surface area contributed by atoms with Crippen molar-refractivity contribution in [1.82, 2.24) is 4.57 Å². The lowest BCUT2D eigenvalue weighted by molar-refractivity contribution is -0.139. The first kappa shape index (κ1) is 25.7. The minimum atomic E-state index is -0.741. The standard InChI is InChI=1S/C30H25ClN2O4S/c1-3-36-29(35)26-19(2)32-30-33(27(26)23-11-7-8-12-24(23)31)28(34)25(38-30)17-20-13-15-22(16-14-20)37-18-21-9-5-4-6-10-21/h4-17,27H,3,18H2,1-2H3. The van der Waals surface area contributed by atoms with Gasteiger partial charge in [0.2, 0.25) is 0 Å². The molecule has 1 aromatic heterocycles. The second-order valence-corrected chi connectivity index (χ2v) is 10.1. The van der Waals surface area contributed by atoms with E-state index in [4.69, 9.17) is 21.1 Å². The van der Waals surface area contributed by atoms with Gasteiger partial charge < -0.3 is 9.47 Å². The van der Waals surface area contributed by atoms with E-state index in [0.29, 0.717) is 37.8 Å². The first-order valence-electron chi connectivity index (χ1n) is 12.2. The number of ether oxygens (including phenoxy) is 2. The summed E-state index contributed by atoms with van der Waals surface area (Å²) in [6, 6.07) is 24.0. The number of fused-ring (bicyclic) bond motifs is 1. The molecular formula is C30H25ClN2O4S. The zero-order valence-corrected chi connectivity index (χ0v) is 22.5. The highest BCUT2D eigenvalue weighted by Crippen LogP contribution is 2.34. The number of benzene rings is 3. The zero-order valence-electron chi connectivity index (χ0n) is 20.9. The van der Waals surface area contributed by atoms with Crippen molar-refractivity contribution in [2.45, 2.75) is 26.5 Å². The third-order valence-corrected chi connectivity index (χ3v) is 7.47. The molecule has 0 bridgehead atoms. The van der Waals surface area contributed by atoms with Gasteiger partial charge in [-0.25, -0.2) is 9.79 Å². The lowest BCUT2D eigenvalue weighted by Crippen LogP contribution is -2.40. The Kier molecular flexibility index (Phi) is 7.58. The molecule has 1 unspecified atom stereocenters. The van der Waals surface area contributed by atoms with E-state index in [2.05, 4.69) is 4.99 Å². The van der Waals surface area contributed by atoms with E-state index in [1.54, 1.807) is 19.9 Å². The number of thiazole rings is 1. The summed E-state index contributed by atoms with van der Waals surface area (Å²) in [6.07, 6.45) is 1.82. The van der Waals surface area contributed by atoms with Crippen molar-refractivity contribution >= 4 is 35.0 Å². The third kappa shape index (κ3) is 5.21. The summed E-state index contributed by atoms with van der Waals surface area (Å²) in [4.78, 5) is 31.8. The fourth-order valence-corrected chi connectivity index (χ4v) is 5.62. The van der Waals surface area contributed by atoms with Crippen LogP contribution in [0.25, 0.3) is 6.08 Å². The van der Waals surface area contributed by atoms with Crippen LogP contribution >= 0.6 is 22.9 Å². The highest BCUT2D eigenvalue weighted by atomic mass is 35.5. The van der Waals surface area contributed by atoms with Crippen molar-refractivity contribution in [3.05, 3.63) is 132 Å². The molecule has 1 aliphatic rings. The van der Waals surface area contributed by atoms with Gasteiger partial charge in [0.15, 0.2) is 4.80 Å². The molecule has 5 rings (SSSR count). The fourth-order valence-electron chi connectivity index (χ4n) is 4.34. The minimum Gasteiger partial charge on any atom is -0.489 e. The van der Waals surface area contributed by atoms with Crippen molar-refractivity contribution in [2.75, 3.05) is 6.61 Å². The van der Waals surface area contributed by atoms with Gasteiger partial charge in [0.25, 0.3) is 5.56 Å². The number of carbonyl (C=O) groups is 1. The summed E-state index contributed by atoms with van der Waals surface area (Å²) in [5.41, 5.74) is 3.12. The molecule has 3 aromatic carbocycles. The van der Waals surface area contributed by atoms with Crippen LogP contribution in [0.1, 0.15) is 36.6 Å². The molecule has 4 aromatic rings. The molecule has 192 valence electrons. The topological polar surface area (TPSA) is 69.9 Å². The number of carbonyl (C=O) groups excluding carboxylic acids is 1. The second kappa shape index (κ2) is 11.2. The first-order valence-corrected chi connectivity index (χ1v) is 13.4. The van der Waals surface area contributed by atoms with E-state index in [1.807, 2.05) is 78.9 Å². The van der Waals surface area contributed by atoms with E-state index >= 15 is 0 Å². The Labute approximate surface area is 228 Å². The number of nitrogens with zero attached hydrogens (tertiary/aromatic N) is 2. The highest BCUT2D eigenvalue weighted by molar-refractivity contribution is 7.07. The van der Waals surface area contributed by atoms with Gasteiger partial charge in [-0.05, 0) is 54.8 Å². The number of aromatic nitrogens is 1. The summed E-state index contributed by atoms with van der Waals surface area (Å²) < 4.78 is 13.2. The van der Waals surface area contributed by atoms with Gasteiger partial charge in [-0.3, -0.25) is 9.36 Å². The summed E-state index contributed by atoms with van der Waals surface area (Å²) >= 11 is 7.82. The molecule has 1 aliphatic heterocycles. The van der Waals surface area contributed by atoms with Gasteiger partial charge in [-0.15, -0.1) is 0 Å². The largest absolute Gasteiger partial charge is 0.489 e. The number of rotatable bonds is 7. The summed E-state index contributed by atoms with van der Waals surface area (Å²) in [5.74, 6) is 0.222. The predicted molar refractivity (Wildman–Crippen MR) is 149 cm³/mol. The van der Waals surface area contributed by atoms with Crippen LogP contribution in [0.5, 0.6) is 5.75 Å². The van der Waals surface area contributed by atoms with Gasteiger partial charge in [0.1, 0.15) is 18.4 Å². The van der Waals surface area contributed by atoms with E-state index in [1.165, 1.54) is 15.9 Å². The minimum absolute atomic E-state index is 0.209. The van der Waals surface area contributed by atoms with Crippen LogP contribution in [0.4, 0.5) is 0 Å². The molecular weight excluding hydrogens is 520 g/mol. The number of allylic oxidation sites excluding steroid dienone is 1. The predicted octanol–water partition coefficient (Wildman–Crippen LogP) is 5.03. The SMILES string of the molecule is CCOC(=O)C1=C(C)N=c2sc(=Cc3ccc(OCc4ccccc4)cc3)c(=O)n2C1c1ccccc1Cl. The van der Waals surface area contributed by atoms with Crippen LogP contribution in [0.15, 0.2) is 99.9 Å². The smallest absolute Gasteiger partial charge is 0.338 e. The van der Waals surface area contributed by atoms with Crippen molar-refractivity contribution in [1.29, 1.82) is 0 Å². The Hall–Kier alpha value is -3.94. The maximum Gasteiger partial charge on any atom is 0.338 e. The van der Waals surface area contributed by atoms with E-state index in [0.717, 1.165) is 16.9 Å². The van der Waals surface area contributed by atoms with E-state index in [-0.39, 0.29) is 12.2 Å². The maximum atomic E-state index is 13.7. The van der Waals surface area contributed by atoms with E-state index in [9.17, 15) is 9.59 Å². The monoisotopic (exact) mass is 544 g/mol. The number of hydrogen-bond acceptors (Lipinski definition) is 6. The third-order valence-electron chi connectivity index (χ3n) is 6.14. The average molecular weight is 545 g/mol. The van der Waals surface area contributed by atoms with Crippen LogP contribution in [0.2, 0.25) is 5.02 Å². The quantitative estimate of drug-likeness (QED) is 0.306.